The minimum atomic E-state index is 0.422. The molecule has 3 aliphatic rings. The first-order valence-corrected chi connectivity index (χ1v) is 12.1. The van der Waals surface area contributed by atoms with Crippen LogP contribution >= 0.6 is 0 Å². The highest BCUT2D eigenvalue weighted by molar-refractivity contribution is 5.69. The molecule has 170 valence electrons. The maximum Gasteiger partial charge on any atom is 0.218 e. The van der Waals surface area contributed by atoms with E-state index in [-0.39, 0.29) is 0 Å². The predicted octanol–water partition coefficient (Wildman–Crippen LogP) is 4.51. The second-order valence-electron chi connectivity index (χ2n) is 11.4. The third kappa shape index (κ3) is 4.02. The molecule has 0 aromatic carbocycles. The van der Waals surface area contributed by atoms with Crippen molar-refractivity contribution in [3.63, 3.8) is 0 Å². The van der Waals surface area contributed by atoms with Crippen LogP contribution in [0.5, 0.6) is 0 Å². The van der Waals surface area contributed by atoms with Gasteiger partial charge < -0.3 is 10.6 Å². The summed E-state index contributed by atoms with van der Waals surface area (Å²) in [5.74, 6) is 3.06. The molecule has 0 bridgehead atoms. The summed E-state index contributed by atoms with van der Waals surface area (Å²) in [7, 11) is 2.08. The number of nitrogens with zero attached hydrogens (tertiary/aromatic N) is 3. The van der Waals surface area contributed by atoms with E-state index in [0.717, 1.165) is 37.1 Å². The molecule has 2 fully saturated rings. The lowest BCUT2D eigenvalue weighted by molar-refractivity contribution is -0.818. The van der Waals surface area contributed by atoms with Crippen molar-refractivity contribution in [2.45, 2.75) is 72.6 Å². The van der Waals surface area contributed by atoms with Crippen LogP contribution in [0.2, 0.25) is 0 Å². The fourth-order valence-corrected chi connectivity index (χ4v) is 7.20. The van der Waals surface area contributed by atoms with Crippen molar-refractivity contribution in [2.75, 3.05) is 30.9 Å². The number of nitrogens with one attached hydrogen (secondary N) is 1. The molecule has 2 aliphatic carbocycles. The molecule has 2 saturated carbocycles. The van der Waals surface area contributed by atoms with E-state index in [0.29, 0.717) is 22.6 Å². The molecule has 5 heteroatoms. The molecule has 2 heterocycles. The Morgan fingerprint density at radius 2 is 2.10 bits per heavy atom. The molecule has 0 amide bonds. The standard InChI is InChI=1S/C26H41N5/c1-18(12-15-31-17-30(6)24-22(31)23(27)28-16-29-24)8-10-20-19(2)9-11-21-25(3,4)13-7-14-26(20,21)5/h12,16,20-21H,2,7-11,13-15,17H2,1,3-6H3,(H2,27,28,29)/p+1/b18-12+/t20-,21-,26+/m1/s1. The highest BCUT2D eigenvalue weighted by Crippen LogP contribution is 2.61. The van der Waals surface area contributed by atoms with Gasteiger partial charge in [0.15, 0.2) is 12.5 Å². The lowest BCUT2D eigenvalue weighted by Crippen LogP contribution is -3.06. The van der Waals surface area contributed by atoms with E-state index in [4.69, 9.17) is 5.73 Å². The van der Waals surface area contributed by atoms with Gasteiger partial charge in [-0.25, -0.2) is 9.97 Å². The highest BCUT2D eigenvalue weighted by Gasteiger charge is 2.52. The Bertz CT molecular complexity index is 873. The summed E-state index contributed by atoms with van der Waals surface area (Å²) in [6.07, 6.45) is 13.0. The first-order valence-electron chi connectivity index (χ1n) is 12.1. The van der Waals surface area contributed by atoms with Gasteiger partial charge in [0.1, 0.15) is 12.9 Å². The largest absolute Gasteiger partial charge is 0.379 e. The van der Waals surface area contributed by atoms with Crippen molar-refractivity contribution in [2.24, 2.45) is 22.7 Å². The van der Waals surface area contributed by atoms with Crippen LogP contribution < -0.4 is 15.5 Å². The van der Waals surface area contributed by atoms with Gasteiger partial charge in [-0.05, 0) is 74.2 Å². The number of fused-ring (bicyclic) bond motifs is 2. The number of hydrogen-bond acceptors (Lipinski definition) is 4. The molecule has 3 N–H and O–H groups in total. The molecule has 1 aromatic rings. The summed E-state index contributed by atoms with van der Waals surface area (Å²) >= 11 is 0. The van der Waals surface area contributed by atoms with Crippen LogP contribution in [0, 0.1) is 22.7 Å². The number of hydrogen-bond donors (Lipinski definition) is 2. The minimum Gasteiger partial charge on any atom is -0.379 e. The number of aromatic nitrogens is 2. The SMILES string of the molecule is C=C1CC[C@@H]2C(C)(C)CCC[C@@]2(C)[C@@H]1CC/C(C)=C/C[NH+]1CN(C)c2ncnc(N)c21. The number of nitrogen functional groups attached to an aromatic ring is 1. The van der Waals surface area contributed by atoms with Crippen LogP contribution in [-0.2, 0) is 0 Å². The summed E-state index contributed by atoms with van der Waals surface area (Å²) in [5.41, 5.74) is 11.1. The molecule has 0 radical (unpaired) electrons. The average Bonchev–Trinajstić information content (AvgIpc) is 3.02. The fraction of sp³-hybridized carbons (Fsp3) is 0.692. The van der Waals surface area contributed by atoms with Gasteiger partial charge >= 0.3 is 0 Å². The molecule has 31 heavy (non-hydrogen) atoms. The molecule has 1 aromatic heterocycles. The minimum absolute atomic E-state index is 0.422. The van der Waals surface area contributed by atoms with E-state index in [9.17, 15) is 0 Å². The average molecular weight is 425 g/mol. The molecule has 5 nitrogen and oxygen atoms in total. The van der Waals surface area contributed by atoms with E-state index in [1.807, 2.05) is 0 Å². The van der Waals surface area contributed by atoms with Gasteiger partial charge in [0.2, 0.25) is 11.5 Å². The number of allylic oxidation sites excluding steroid dienone is 2. The zero-order valence-corrected chi connectivity index (χ0v) is 20.3. The van der Waals surface area contributed by atoms with Gasteiger partial charge in [-0.3, -0.25) is 4.90 Å². The lowest BCUT2D eigenvalue weighted by atomic mass is 9.47. The second-order valence-corrected chi connectivity index (χ2v) is 11.4. The van der Waals surface area contributed by atoms with Crippen molar-refractivity contribution in [1.29, 1.82) is 0 Å². The number of quaternary nitrogens is 1. The van der Waals surface area contributed by atoms with Crippen LogP contribution in [0.3, 0.4) is 0 Å². The van der Waals surface area contributed by atoms with Crippen LogP contribution in [0.1, 0.15) is 72.6 Å². The van der Waals surface area contributed by atoms with E-state index >= 15 is 0 Å². The zero-order valence-electron chi connectivity index (χ0n) is 20.3. The van der Waals surface area contributed by atoms with Crippen molar-refractivity contribution in [3.8, 4) is 0 Å². The number of rotatable bonds is 5. The first-order chi connectivity index (χ1) is 14.6. The quantitative estimate of drug-likeness (QED) is 0.683. The van der Waals surface area contributed by atoms with Gasteiger partial charge in [0.05, 0.1) is 0 Å². The molecule has 4 rings (SSSR count). The van der Waals surface area contributed by atoms with E-state index in [1.54, 1.807) is 6.33 Å². The van der Waals surface area contributed by atoms with E-state index < -0.39 is 0 Å². The topological polar surface area (TPSA) is 59.5 Å². The van der Waals surface area contributed by atoms with Crippen LogP contribution in [0.25, 0.3) is 0 Å². The maximum atomic E-state index is 6.17. The number of anilines is 2. The summed E-state index contributed by atoms with van der Waals surface area (Å²) in [6.45, 7) is 16.3. The van der Waals surface area contributed by atoms with Crippen molar-refractivity contribution < 1.29 is 4.90 Å². The Kier molecular flexibility index (Phi) is 5.93. The van der Waals surface area contributed by atoms with Crippen molar-refractivity contribution in [1.82, 2.24) is 9.97 Å². The third-order valence-corrected chi connectivity index (χ3v) is 8.84. The van der Waals surface area contributed by atoms with Gasteiger partial charge in [-0.1, -0.05) is 44.9 Å². The van der Waals surface area contributed by atoms with Gasteiger partial charge in [0.25, 0.3) is 0 Å². The lowest BCUT2D eigenvalue weighted by Gasteiger charge is -2.58. The molecule has 0 saturated heterocycles. The Balaban J connectivity index is 1.42. The Morgan fingerprint density at radius 1 is 1.32 bits per heavy atom. The molecular formula is C26H42N5+. The molecular weight excluding hydrogens is 382 g/mol. The van der Waals surface area contributed by atoms with Crippen LogP contribution in [-0.4, -0.2) is 30.2 Å². The van der Waals surface area contributed by atoms with Crippen LogP contribution in [0.15, 0.2) is 30.1 Å². The summed E-state index contributed by atoms with van der Waals surface area (Å²) in [6, 6.07) is 0. The number of nitrogens with two attached hydrogens (primary N) is 1. The first kappa shape index (κ1) is 22.3. The second kappa shape index (κ2) is 8.23. The van der Waals surface area contributed by atoms with Gasteiger partial charge in [-0.2, -0.15) is 0 Å². The Hall–Kier alpha value is -1.88. The molecule has 1 unspecified atom stereocenters. The fourth-order valence-electron chi connectivity index (χ4n) is 7.20. The monoisotopic (exact) mass is 424 g/mol. The smallest absolute Gasteiger partial charge is 0.218 e. The summed E-state index contributed by atoms with van der Waals surface area (Å²) in [4.78, 5) is 12.1. The highest BCUT2D eigenvalue weighted by atomic mass is 15.4. The van der Waals surface area contributed by atoms with Crippen molar-refractivity contribution >= 4 is 17.3 Å². The normalized spacial score (nSPS) is 32.7. The zero-order chi connectivity index (χ0) is 22.4. The Morgan fingerprint density at radius 3 is 2.87 bits per heavy atom. The van der Waals surface area contributed by atoms with E-state index in [2.05, 4.69) is 62.3 Å². The van der Waals surface area contributed by atoms with Gasteiger partial charge in [0, 0.05) is 7.05 Å². The molecule has 4 atom stereocenters. The third-order valence-electron chi connectivity index (χ3n) is 8.84. The van der Waals surface area contributed by atoms with Crippen molar-refractivity contribution in [3.05, 3.63) is 30.1 Å². The molecule has 0 spiro atoms. The predicted molar refractivity (Wildman–Crippen MR) is 129 cm³/mol. The van der Waals surface area contributed by atoms with Crippen LogP contribution in [0.4, 0.5) is 17.3 Å². The van der Waals surface area contributed by atoms with Gasteiger partial charge in [-0.15, -0.1) is 0 Å². The maximum absolute atomic E-state index is 6.17. The summed E-state index contributed by atoms with van der Waals surface area (Å²) < 4.78 is 0. The van der Waals surface area contributed by atoms with E-state index in [1.165, 1.54) is 54.6 Å². The molecule has 1 aliphatic heterocycles. The summed E-state index contributed by atoms with van der Waals surface area (Å²) in [5, 5.41) is 0. The Labute approximate surface area is 188 Å².